The Bertz CT molecular complexity index is 1200. The number of thiazole rings is 1. The monoisotopic (exact) mass is 418 g/mol. The molecule has 27 heavy (non-hydrogen) atoms. The molecule has 0 saturated carbocycles. The summed E-state index contributed by atoms with van der Waals surface area (Å²) in [5, 5.41) is 6.83. The van der Waals surface area contributed by atoms with E-state index in [-0.39, 0.29) is 10.6 Å². The molecule has 4 rings (SSSR count). The van der Waals surface area contributed by atoms with Crippen molar-refractivity contribution in [1.82, 2.24) is 4.98 Å². The third kappa shape index (κ3) is 3.39. The van der Waals surface area contributed by atoms with Gasteiger partial charge in [-0.15, -0.1) is 11.3 Å². The van der Waals surface area contributed by atoms with Crippen molar-refractivity contribution in [3.8, 4) is 17.0 Å². The maximum atomic E-state index is 12.4. The van der Waals surface area contributed by atoms with Crippen molar-refractivity contribution >= 4 is 56.3 Å². The van der Waals surface area contributed by atoms with Gasteiger partial charge in [0.05, 0.1) is 29.1 Å². The van der Waals surface area contributed by atoms with Crippen molar-refractivity contribution in [2.45, 2.75) is 0 Å². The van der Waals surface area contributed by atoms with Crippen LogP contribution in [0.3, 0.4) is 0 Å². The van der Waals surface area contributed by atoms with Crippen LogP contribution in [0.25, 0.3) is 22.2 Å². The summed E-state index contributed by atoms with van der Waals surface area (Å²) in [6, 6.07) is 12.6. The Hall–Kier alpha value is -2.54. The molecule has 5 nitrogen and oxygen atoms in total. The van der Waals surface area contributed by atoms with Gasteiger partial charge in [0.25, 0.3) is 0 Å². The molecule has 0 radical (unpaired) electrons. The second kappa shape index (κ2) is 7.23. The Labute approximate surface area is 168 Å². The third-order valence-corrected chi connectivity index (χ3v) is 5.47. The van der Waals surface area contributed by atoms with E-state index in [2.05, 4.69) is 10.3 Å². The van der Waals surface area contributed by atoms with Gasteiger partial charge in [-0.1, -0.05) is 35.3 Å². The normalized spacial score (nSPS) is 10.9. The van der Waals surface area contributed by atoms with E-state index in [1.165, 1.54) is 11.3 Å². The molecule has 0 spiro atoms. The van der Waals surface area contributed by atoms with Crippen LogP contribution in [0.5, 0.6) is 5.75 Å². The summed E-state index contributed by atoms with van der Waals surface area (Å²) in [4.78, 5) is 16.9. The van der Waals surface area contributed by atoms with E-state index in [4.69, 9.17) is 32.4 Å². The van der Waals surface area contributed by atoms with Gasteiger partial charge in [0.2, 0.25) is 0 Å². The van der Waals surface area contributed by atoms with Crippen LogP contribution in [0, 0.1) is 0 Å². The SMILES string of the molecule is COc1ccccc1Nc1nc(-c2cc3ccc(Cl)c(Cl)c3oc2=O)cs1. The number of rotatable bonds is 4. The van der Waals surface area contributed by atoms with Gasteiger partial charge in [0.1, 0.15) is 10.8 Å². The van der Waals surface area contributed by atoms with Crippen molar-refractivity contribution in [2.75, 3.05) is 12.4 Å². The molecule has 2 aromatic heterocycles. The fraction of sp³-hybridized carbons (Fsp3) is 0.0526. The minimum absolute atomic E-state index is 0.217. The maximum absolute atomic E-state index is 12.4. The number of halogens is 2. The molecule has 0 fully saturated rings. The number of hydrogen-bond donors (Lipinski definition) is 1. The number of methoxy groups -OCH3 is 1. The zero-order chi connectivity index (χ0) is 19.0. The second-order valence-corrected chi connectivity index (χ2v) is 7.23. The van der Waals surface area contributed by atoms with E-state index >= 15 is 0 Å². The van der Waals surface area contributed by atoms with Crippen LogP contribution < -0.4 is 15.7 Å². The largest absolute Gasteiger partial charge is 0.495 e. The molecule has 0 amide bonds. The summed E-state index contributed by atoms with van der Waals surface area (Å²) in [6.07, 6.45) is 0. The molecule has 2 aromatic carbocycles. The Morgan fingerprint density at radius 2 is 2.00 bits per heavy atom. The van der Waals surface area contributed by atoms with Crippen molar-refractivity contribution in [2.24, 2.45) is 0 Å². The van der Waals surface area contributed by atoms with Crippen LogP contribution in [-0.4, -0.2) is 12.1 Å². The van der Waals surface area contributed by atoms with Crippen LogP contribution in [0.15, 0.2) is 57.1 Å². The Balaban J connectivity index is 1.72. The maximum Gasteiger partial charge on any atom is 0.345 e. The molecular weight excluding hydrogens is 407 g/mol. The quantitative estimate of drug-likeness (QED) is 0.413. The average molecular weight is 419 g/mol. The van der Waals surface area contributed by atoms with Crippen LogP contribution in [-0.2, 0) is 0 Å². The minimum atomic E-state index is -0.527. The molecular formula is C19H12Cl2N2O3S. The molecule has 0 saturated heterocycles. The summed E-state index contributed by atoms with van der Waals surface area (Å²) < 4.78 is 10.7. The number of nitrogens with zero attached hydrogens (tertiary/aromatic N) is 1. The lowest BCUT2D eigenvalue weighted by molar-refractivity contribution is 0.417. The topological polar surface area (TPSA) is 64.4 Å². The summed E-state index contributed by atoms with van der Waals surface area (Å²) in [5.41, 5.74) is 1.39. The Morgan fingerprint density at radius 1 is 1.19 bits per heavy atom. The van der Waals surface area contributed by atoms with Crippen molar-refractivity contribution < 1.29 is 9.15 Å². The summed E-state index contributed by atoms with van der Waals surface area (Å²) in [6.45, 7) is 0. The minimum Gasteiger partial charge on any atom is -0.495 e. The van der Waals surface area contributed by atoms with Gasteiger partial charge in [-0.3, -0.25) is 0 Å². The number of nitrogens with one attached hydrogen (secondary N) is 1. The third-order valence-electron chi connectivity index (χ3n) is 3.92. The zero-order valence-electron chi connectivity index (χ0n) is 14.0. The van der Waals surface area contributed by atoms with Crippen molar-refractivity contribution in [1.29, 1.82) is 0 Å². The standard InChI is InChI=1S/C19H12Cl2N2O3S/c1-25-15-5-3-2-4-13(15)22-19-23-14(9-27-19)11-8-10-6-7-12(20)16(21)17(10)26-18(11)24/h2-9H,1H3,(H,22,23). The molecule has 2 heterocycles. The lowest BCUT2D eigenvalue weighted by Crippen LogP contribution is -2.03. The molecule has 8 heteroatoms. The van der Waals surface area contributed by atoms with Crippen LogP contribution in [0.4, 0.5) is 10.8 Å². The highest BCUT2D eigenvalue weighted by molar-refractivity contribution is 7.14. The van der Waals surface area contributed by atoms with E-state index in [1.807, 2.05) is 24.3 Å². The number of fused-ring (bicyclic) bond motifs is 1. The molecule has 0 aliphatic carbocycles. The van der Waals surface area contributed by atoms with Crippen LogP contribution >= 0.6 is 34.5 Å². The second-order valence-electron chi connectivity index (χ2n) is 5.59. The highest BCUT2D eigenvalue weighted by atomic mass is 35.5. The van der Waals surface area contributed by atoms with E-state index in [1.54, 1.807) is 30.7 Å². The number of aromatic nitrogens is 1. The first-order chi connectivity index (χ1) is 13.1. The van der Waals surface area contributed by atoms with Gasteiger partial charge in [-0.2, -0.15) is 0 Å². The fourth-order valence-electron chi connectivity index (χ4n) is 2.62. The lowest BCUT2D eigenvalue weighted by atomic mass is 10.1. The van der Waals surface area contributed by atoms with Gasteiger partial charge < -0.3 is 14.5 Å². The van der Waals surface area contributed by atoms with Crippen LogP contribution in [0.2, 0.25) is 10.0 Å². The fourth-order valence-corrected chi connectivity index (χ4v) is 3.71. The van der Waals surface area contributed by atoms with E-state index in [0.717, 1.165) is 5.69 Å². The van der Waals surface area contributed by atoms with Crippen molar-refractivity contribution in [3.63, 3.8) is 0 Å². The van der Waals surface area contributed by atoms with Crippen LogP contribution in [0.1, 0.15) is 0 Å². The smallest absolute Gasteiger partial charge is 0.345 e. The predicted molar refractivity (Wildman–Crippen MR) is 110 cm³/mol. The summed E-state index contributed by atoms with van der Waals surface area (Å²) in [7, 11) is 1.60. The molecule has 4 aromatic rings. The van der Waals surface area contributed by atoms with Gasteiger partial charge >= 0.3 is 5.63 Å². The average Bonchev–Trinajstić information content (AvgIpc) is 3.13. The molecule has 0 bridgehead atoms. The zero-order valence-corrected chi connectivity index (χ0v) is 16.3. The molecule has 0 aliphatic heterocycles. The van der Waals surface area contributed by atoms with E-state index in [9.17, 15) is 4.79 Å². The number of ether oxygens (including phenoxy) is 1. The predicted octanol–water partition coefficient (Wildman–Crippen LogP) is 5.98. The van der Waals surface area contributed by atoms with Gasteiger partial charge in [-0.25, -0.2) is 9.78 Å². The number of benzene rings is 2. The number of para-hydroxylation sites is 2. The van der Waals surface area contributed by atoms with E-state index < -0.39 is 5.63 Å². The summed E-state index contributed by atoms with van der Waals surface area (Å²) in [5.74, 6) is 0.700. The Morgan fingerprint density at radius 3 is 2.81 bits per heavy atom. The lowest BCUT2D eigenvalue weighted by Gasteiger charge is -2.08. The Kier molecular flexibility index (Phi) is 4.78. The highest BCUT2D eigenvalue weighted by Gasteiger charge is 2.15. The first kappa shape index (κ1) is 17.9. The van der Waals surface area contributed by atoms with Gasteiger partial charge in [-0.05, 0) is 30.3 Å². The highest BCUT2D eigenvalue weighted by Crippen LogP contribution is 2.33. The number of hydrogen-bond acceptors (Lipinski definition) is 6. The first-order valence-electron chi connectivity index (χ1n) is 7.84. The van der Waals surface area contributed by atoms with Gasteiger partial charge in [0.15, 0.2) is 10.7 Å². The number of anilines is 2. The molecule has 0 aliphatic rings. The molecule has 0 unspecified atom stereocenters. The van der Waals surface area contributed by atoms with E-state index in [0.29, 0.717) is 32.5 Å². The summed E-state index contributed by atoms with van der Waals surface area (Å²) >= 11 is 13.5. The molecule has 136 valence electrons. The first-order valence-corrected chi connectivity index (χ1v) is 9.48. The molecule has 1 N–H and O–H groups in total. The molecule has 0 atom stereocenters. The van der Waals surface area contributed by atoms with Gasteiger partial charge in [0, 0.05) is 10.8 Å². The van der Waals surface area contributed by atoms with Crippen molar-refractivity contribution in [3.05, 3.63) is 68.3 Å².